The summed E-state index contributed by atoms with van der Waals surface area (Å²) in [5.74, 6) is -4.52. The van der Waals surface area contributed by atoms with Crippen molar-refractivity contribution in [1.29, 1.82) is 0 Å². The zero-order valence-corrected chi connectivity index (χ0v) is 17.9. The minimum Gasteiger partial charge on any atom is -0.395 e. The Balaban J connectivity index is 1.52. The first kappa shape index (κ1) is 23.8. The van der Waals surface area contributed by atoms with Gasteiger partial charge >= 0.3 is 6.18 Å². The van der Waals surface area contributed by atoms with Crippen molar-refractivity contribution in [2.24, 2.45) is 0 Å². The van der Waals surface area contributed by atoms with Crippen LogP contribution in [0.25, 0.3) is 0 Å². The summed E-state index contributed by atoms with van der Waals surface area (Å²) in [5.41, 5.74) is 0.201. The molecule has 1 aliphatic heterocycles. The molecule has 2 aromatic heterocycles. The van der Waals surface area contributed by atoms with Crippen molar-refractivity contribution in [2.45, 2.75) is 36.6 Å². The van der Waals surface area contributed by atoms with E-state index < -0.39 is 57.7 Å². The van der Waals surface area contributed by atoms with Crippen molar-refractivity contribution >= 4 is 15.9 Å². The van der Waals surface area contributed by atoms with Crippen LogP contribution in [0.3, 0.4) is 0 Å². The molecule has 0 bridgehead atoms. The maximum Gasteiger partial charge on any atom is 0.408 e. The fraction of sp³-hybridized carbons (Fsp3) is 0.316. The Labute approximate surface area is 189 Å². The highest BCUT2D eigenvalue weighted by molar-refractivity contribution is 7.89. The number of aromatic nitrogens is 4. The maximum atomic E-state index is 14.1. The molecule has 9 nitrogen and oxygen atoms in total. The Kier molecular flexibility index (Phi) is 5.93. The number of nitrogens with zero attached hydrogens (tertiary/aromatic N) is 5. The first-order valence-corrected chi connectivity index (χ1v) is 11.1. The molecule has 0 fully saturated rings. The largest absolute Gasteiger partial charge is 0.408 e. The van der Waals surface area contributed by atoms with E-state index in [0.29, 0.717) is 14.3 Å². The van der Waals surface area contributed by atoms with Crippen LogP contribution in [0.1, 0.15) is 22.7 Å². The van der Waals surface area contributed by atoms with Gasteiger partial charge in [-0.3, -0.25) is 9.48 Å². The molecule has 1 aliphatic rings. The number of hydrogen-bond donors (Lipinski definition) is 1. The number of aliphatic hydroxyl groups is 1. The van der Waals surface area contributed by atoms with E-state index >= 15 is 0 Å². The van der Waals surface area contributed by atoms with E-state index in [2.05, 4.69) is 10.2 Å². The van der Waals surface area contributed by atoms with Crippen LogP contribution in [0, 0.1) is 11.6 Å². The second kappa shape index (κ2) is 8.47. The maximum absolute atomic E-state index is 14.1. The van der Waals surface area contributed by atoms with E-state index in [9.17, 15) is 40.3 Å². The molecule has 0 aliphatic carbocycles. The molecular formula is C19H16F5N5O4S. The molecule has 15 heteroatoms. The van der Waals surface area contributed by atoms with Crippen LogP contribution in [0.5, 0.6) is 0 Å². The molecule has 34 heavy (non-hydrogen) atoms. The van der Waals surface area contributed by atoms with Gasteiger partial charge in [-0.2, -0.15) is 35.9 Å². The summed E-state index contributed by atoms with van der Waals surface area (Å²) < 4.78 is 91.6. The van der Waals surface area contributed by atoms with Crippen molar-refractivity contribution in [3.8, 4) is 0 Å². The monoisotopic (exact) mass is 505 g/mol. The molecular weight excluding hydrogens is 489 g/mol. The van der Waals surface area contributed by atoms with Gasteiger partial charge in [-0.05, 0) is 6.07 Å². The van der Waals surface area contributed by atoms with Gasteiger partial charge in [0.2, 0.25) is 5.91 Å². The average molecular weight is 505 g/mol. The normalized spacial score (nSPS) is 14.9. The van der Waals surface area contributed by atoms with Gasteiger partial charge in [0.1, 0.15) is 11.4 Å². The van der Waals surface area contributed by atoms with Crippen LogP contribution >= 0.6 is 0 Å². The molecule has 0 unspecified atom stereocenters. The van der Waals surface area contributed by atoms with Crippen molar-refractivity contribution in [2.75, 3.05) is 6.61 Å². The standard InChI is InChI=1S/C19H16F5N5O4S/c20-15-3-1-2-13(17(15)21)14(9-30)18(31)27-5-11-6-29(26-16(11)8-27)34(32,33)12-4-25-28(7-12)10-19(22,23)24/h1-4,6-7,14,30H,5,8-10H2/t14-/m0/s1. The topological polar surface area (TPSA) is 110 Å². The van der Waals surface area contributed by atoms with Gasteiger partial charge in [0.05, 0.1) is 31.0 Å². The van der Waals surface area contributed by atoms with Gasteiger partial charge in [-0.25, -0.2) is 8.78 Å². The summed E-state index contributed by atoms with van der Waals surface area (Å²) in [7, 11) is -4.34. The quantitative estimate of drug-likeness (QED) is 0.512. The Morgan fingerprint density at radius 3 is 2.56 bits per heavy atom. The van der Waals surface area contributed by atoms with Crippen molar-refractivity contribution in [3.05, 3.63) is 65.2 Å². The van der Waals surface area contributed by atoms with E-state index in [-0.39, 0.29) is 24.3 Å². The minimum atomic E-state index is -4.59. The summed E-state index contributed by atoms with van der Waals surface area (Å²) in [5, 5.41) is 17.0. The molecule has 4 rings (SSSR count). The summed E-state index contributed by atoms with van der Waals surface area (Å²) in [6.07, 6.45) is -1.99. The fourth-order valence-electron chi connectivity index (χ4n) is 3.58. The van der Waals surface area contributed by atoms with Crippen LogP contribution in [0.4, 0.5) is 22.0 Å². The van der Waals surface area contributed by atoms with Gasteiger partial charge in [-0.15, -0.1) is 0 Å². The summed E-state index contributed by atoms with van der Waals surface area (Å²) in [4.78, 5) is 13.5. The molecule has 1 N–H and O–H groups in total. The predicted molar refractivity (Wildman–Crippen MR) is 104 cm³/mol. The second-order valence-corrected chi connectivity index (χ2v) is 9.34. The number of benzene rings is 1. The average Bonchev–Trinajstić information content (AvgIpc) is 3.45. The lowest BCUT2D eigenvalue weighted by molar-refractivity contribution is -0.142. The molecule has 1 amide bonds. The Bertz CT molecular complexity index is 1330. The molecule has 0 saturated heterocycles. The summed E-state index contributed by atoms with van der Waals surface area (Å²) in [6, 6.07) is 3.26. The molecule has 0 saturated carbocycles. The van der Waals surface area contributed by atoms with Crippen LogP contribution in [0.15, 0.2) is 41.7 Å². The third kappa shape index (κ3) is 4.40. The van der Waals surface area contributed by atoms with Crippen LogP contribution in [-0.2, 0) is 34.5 Å². The van der Waals surface area contributed by atoms with Crippen molar-refractivity contribution < 1.29 is 40.3 Å². The number of carbonyl (C=O) groups is 1. The van der Waals surface area contributed by atoms with E-state index in [4.69, 9.17) is 0 Å². The number of amides is 1. The van der Waals surface area contributed by atoms with Gasteiger partial charge in [0.15, 0.2) is 11.6 Å². The third-order valence-corrected chi connectivity index (χ3v) is 6.69. The lowest BCUT2D eigenvalue weighted by atomic mass is 9.97. The van der Waals surface area contributed by atoms with Crippen molar-refractivity contribution in [3.63, 3.8) is 0 Å². The molecule has 0 spiro atoms. The van der Waals surface area contributed by atoms with Crippen LogP contribution < -0.4 is 0 Å². The van der Waals surface area contributed by atoms with Gasteiger partial charge < -0.3 is 10.0 Å². The molecule has 3 aromatic rings. The molecule has 1 aromatic carbocycles. The number of halogens is 5. The SMILES string of the molecule is O=C([C@@H](CO)c1cccc(F)c1F)N1Cc2cn(S(=O)(=O)c3cnn(CC(F)(F)F)c3)nc2C1. The third-order valence-electron chi connectivity index (χ3n) is 5.20. The smallest absolute Gasteiger partial charge is 0.395 e. The highest BCUT2D eigenvalue weighted by atomic mass is 32.2. The van der Waals surface area contributed by atoms with Gasteiger partial charge in [-0.1, -0.05) is 12.1 Å². The first-order valence-electron chi connectivity index (χ1n) is 9.66. The number of alkyl halides is 3. The number of fused-ring (bicyclic) bond motifs is 1. The highest BCUT2D eigenvalue weighted by Gasteiger charge is 2.35. The zero-order chi connectivity index (χ0) is 24.8. The highest BCUT2D eigenvalue weighted by Crippen LogP contribution is 2.29. The second-order valence-electron chi connectivity index (χ2n) is 7.54. The summed E-state index contributed by atoms with van der Waals surface area (Å²) in [6.45, 7) is -2.54. The Morgan fingerprint density at radius 1 is 1.18 bits per heavy atom. The lowest BCUT2D eigenvalue weighted by Gasteiger charge is -2.22. The number of rotatable bonds is 6. The number of aliphatic hydroxyl groups excluding tert-OH is 1. The molecule has 1 atom stereocenters. The van der Waals surface area contributed by atoms with Gasteiger partial charge in [0, 0.05) is 30.1 Å². The minimum absolute atomic E-state index is 0.121. The van der Waals surface area contributed by atoms with Gasteiger partial charge in [0.25, 0.3) is 10.0 Å². The van der Waals surface area contributed by atoms with E-state index in [1.165, 1.54) is 17.0 Å². The zero-order valence-electron chi connectivity index (χ0n) is 17.1. The molecule has 3 heterocycles. The number of hydrogen-bond acceptors (Lipinski definition) is 6. The molecule has 182 valence electrons. The van der Waals surface area contributed by atoms with Crippen LogP contribution in [0.2, 0.25) is 0 Å². The summed E-state index contributed by atoms with van der Waals surface area (Å²) >= 11 is 0. The fourth-order valence-corrected chi connectivity index (χ4v) is 4.71. The Morgan fingerprint density at radius 2 is 1.91 bits per heavy atom. The van der Waals surface area contributed by atoms with E-state index in [1.807, 2.05) is 0 Å². The van der Waals surface area contributed by atoms with E-state index in [0.717, 1.165) is 24.7 Å². The predicted octanol–water partition coefficient (Wildman–Crippen LogP) is 1.78. The van der Waals surface area contributed by atoms with E-state index in [1.54, 1.807) is 0 Å². The number of carbonyl (C=O) groups excluding carboxylic acids is 1. The van der Waals surface area contributed by atoms with Crippen molar-refractivity contribution in [1.82, 2.24) is 23.9 Å². The Hall–Kier alpha value is -3.33. The molecule has 0 radical (unpaired) electrons. The van der Waals surface area contributed by atoms with Crippen LogP contribution in [-0.4, -0.2) is 56.1 Å². The lowest BCUT2D eigenvalue weighted by Crippen LogP contribution is -2.33. The first-order chi connectivity index (χ1) is 15.9.